The van der Waals surface area contributed by atoms with Crippen molar-refractivity contribution < 1.29 is 0 Å². The van der Waals surface area contributed by atoms with Gasteiger partial charge in [0.1, 0.15) is 0 Å². The van der Waals surface area contributed by atoms with E-state index in [0.29, 0.717) is 0 Å². The lowest BCUT2D eigenvalue weighted by Gasteiger charge is -2.45. The van der Waals surface area contributed by atoms with E-state index in [1.165, 1.54) is 123 Å². The molecule has 18 rings (SSSR count). The molecule has 0 bridgehead atoms. The van der Waals surface area contributed by atoms with Crippen LogP contribution < -0.4 is 9.80 Å². The number of hydrogen-bond acceptors (Lipinski definition) is 2. The van der Waals surface area contributed by atoms with Crippen molar-refractivity contribution in [2.75, 3.05) is 9.80 Å². The van der Waals surface area contributed by atoms with E-state index in [1.807, 2.05) is 0 Å². The van der Waals surface area contributed by atoms with Gasteiger partial charge in [0.2, 0.25) is 0 Å². The largest absolute Gasteiger partial charge is 0.310 e. The van der Waals surface area contributed by atoms with E-state index in [4.69, 9.17) is 0 Å². The Morgan fingerprint density at radius 3 is 1.04 bits per heavy atom. The topological polar surface area (TPSA) is 6.48 Å². The van der Waals surface area contributed by atoms with E-state index < -0.39 is 16.2 Å². The van der Waals surface area contributed by atoms with Crippen LogP contribution in [0.1, 0.15) is 66.8 Å². The van der Waals surface area contributed by atoms with E-state index in [9.17, 15) is 0 Å². The van der Waals surface area contributed by atoms with Crippen molar-refractivity contribution >= 4 is 34.1 Å². The molecular weight excluding hydrogens is 1000 g/mol. The molecule has 0 unspecified atom stereocenters. The Kier molecular flexibility index (Phi) is 9.60. The number of benzene rings is 13. The molecule has 83 heavy (non-hydrogen) atoms. The minimum atomic E-state index is -0.659. The molecule has 2 nitrogen and oxygen atoms in total. The summed E-state index contributed by atoms with van der Waals surface area (Å²) in [5, 5.41) is 0. The Bertz CT molecular complexity index is 4690. The average molecular weight is 1050 g/mol. The average Bonchev–Trinajstić information content (AvgIpc) is 2.03. The van der Waals surface area contributed by atoms with Gasteiger partial charge in [0.25, 0.3) is 0 Å². The highest BCUT2D eigenvalue weighted by Gasteiger charge is 2.55. The van der Waals surface area contributed by atoms with Gasteiger partial charge < -0.3 is 9.80 Å². The third-order valence-electron chi connectivity index (χ3n) is 19.3. The van der Waals surface area contributed by atoms with Crippen molar-refractivity contribution in [3.05, 3.63) is 382 Å². The molecule has 0 atom stereocenters. The standard InChI is InChI=1S/C81H52N2/c1-4-26-53(27-5-1)79(54-28-6-2-7-29-54)63-37-15-10-34-59(63)60-51-50-56(52-72(60)79)83(75-48-24-44-70-77(75)61-35-13-18-40-66(61)80(70)64-38-16-11-32-57(64)58-33-12-17-39-65(58)80)76-49-25-45-71-78(76)62-36-14-19-41-67(62)81(71)68-42-20-22-46-73(68)82(55-30-8-3-9-31-55)74-47-23-21-43-69(74)81/h1-52H. The molecule has 4 aliphatic carbocycles. The first-order valence-electron chi connectivity index (χ1n) is 29.1. The Morgan fingerprint density at radius 2 is 0.566 bits per heavy atom. The predicted octanol–water partition coefficient (Wildman–Crippen LogP) is 20.0. The fraction of sp³-hybridized carbons (Fsp3) is 0.0370. The highest BCUT2D eigenvalue weighted by molar-refractivity contribution is 6.06. The van der Waals surface area contributed by atoms with Crippen LogP contribution in [0.25, 0.3) is 44.5 Å². The predicted molar refractivity (Wildman–Crippen MR) is 340 cm³/mol. The second-order valence-electron chi connectivity index (χ2n) is 22.9. The fourth-order valence-corrected chi connectivity index (χ4v) is 16.5. The maximum atomic E-state index is 2.66. The van der Waals surface area contributed by atoms with Crippen LogP contribution in [0.2, 0.25) is 0 Å². The van der Waals surface area contributed by atoms with E-state index >= 15 is 0 Å². The van der Waals surface area contributed by atoms with Crippen LogP contribution in [-0.2, 0) is 16.2 Å². The summed E-state index contributed by atoms with van der Waals surface area (Å²) >= 11 is 0. The van der Waals surface area contributed by atoms with Gasteiger partial charge in [0.05, 0.1) is 39.0 Å². The third kappa shape index (κ3) is 5.82. The summed E-state index contributed by atoms with van der Waals surface area (Å²) in [6.45, 7) is 0. The van der Waals surface area contributed by atoms with Gasteiger partial charge in [-0.05, 0) is 149 Å². The minimum Gasteiger partial charge on any atom is -0.310 e. The lowest BCUT2D eigenvalue weighted by atomic mass is 9.64. The molecule has 0 saturated heterocycles. The summed E-state index contributed by atoms with van der Waals surface area (Å²) in [5.41, 5.74) is 30.5. The lowest BCUT2D eigenvalue weighted by Crippen LogP contribution is -2.36. The van der Waals surface area contributed by atoms with E-state index in [1.54, 1.807) is 0 Å². The van der Waals surface area contributed by atoms with Gasteiger partial charge in [-0.1, -0.05) is 267 Å². The molecular formula is C81H52N2. The van der Waals surface area contributed by atoms with Crippen LogP contribution in [0.15, 0.2) is 315 Å². The smallest absolute Gasteiger partial charge is 0.0755 e. The number of hydrogen-bond donors (Lipinski definition) is 0. The van der Waals surface area contributed by atoms with Gasteiger partial charge in [-0.15, -0.1) is 0 Å². The van der Waals surface area contributed by atoms with Crippen molar-refractivity contribution in [2.24, 2.45) is 0 Å². The van der Waals surface area contributed by atoms with Crippen molar-refractivity contribution in [1.82, 2.24) is 0 Å². The number of para-hydroxylation sites is 3. The number of nitrogens with zero attached hydrogens (tertiary/aromatic N) is 2. The summed E-state index contributed by atoms with van der Waals surface area (Å²) in [7, 11) is 0. The zero-order valence-electron chi connectivity index (χ0n) is 45.4. The molecule has 0 saturated carbocycles. The van der Waals surface area contributed by atoms with Gasteiger partial charge in [-0.2, -0.15) is 0 Å². The SMILES string of the molecule is c1ccc(N2c3ccccc3C3(c4ccccc4-c4c(N(c5ccc6c(c5)C(c5ccccc5)(c5ccccc5)c5ccccc5-6)c5cccc6c5-c5ccccc5C65c6ccccc6-c6ccccc65)cccc43)c3ccccc32)cc1. The zero-order chi connectivity index (χ0) is 54.4. The maximum absolute atomic E-state index is 2.66. The van der Waals surface area contributed by atoms with Crippen LogP contribution in [0, 0.1) is 0 Å². The zero-order valence-corrected chi connectivity index (χ0v) is 45.4. The number of fused-ring (bicyclic) bond motifs is 22. The van der Waals surface area contributed by atoms with E-state index in [0.717, 1.165) is 22.7 Å². The summed E-state index contributed by atoms with van der Waals surface area (Å²) in [5.74, 6) is 0. The van der Waals surface area contributed by atoms with Crippen LogP contribution in [-0.4, -0.2) is 0 Å². The van der Waals surface area contributed by atoms with Crippen molar-refractivity contribution in [3.63, 3.8) is 0 Å². The van der Waals surface area contributed by atoms with Gasteiger partial charge in [0.15, 0.2) is 0 Å². The normalized spacial score (nSPS) is 14.8. The van der Waals surface area contributed by atoms with Crippen LogP contribution in [0.5, 0.6) is 0 Å². The Morgan fingerprint density at radius 1 is 0.229 bits per heavy atom. The molecule has 0 N–H and O–H groups in total. The molecule has 0 amide bonds. The molecule has 13 aromatic rings. The second kappa shape index (κ2) is 17.2. The molecule has 1 aliphatic heterocycles. The second-order valence-corrected chi connectivity index (χ2v) is 22.9. The van der Waals surface area contributed by atoms with E-state index in [-0.39, 0.29) is 0 Å². The van der Waals surface area contributed by atoms with Gasteiger partial charge in [0, 0.05) is 22.5 Å². The highest BCUT2D eigenvalue weighted by atomic mass is 15.2. The molecule has 386 valence electrons. The van der Waals surface area contributed by atoms with Crippen molar-refractivity contribution in [2.45, 2.75) is 16.2 Å². The molecule has 1 heterocycles. The molecule has 5 aliphatic rings. The monoisotopic (exact) mass is 1050 g/mol. The maximum Gasteiger partial charge on any atom is 0.0755 e. The third-order valence-corrected chi connectivity index (χ3v) is 19.3. The number of anilines is 6. The first kappa shape index (κ1) is 46.2. The molecule has 2 heteroatoms. The first-order valence-corrected chi connectivity index (χ1v) is 29.1. The Labute approximate surface area is 484 Å². The van der Waals surface area contributed by atoms with Crippen molar-refractivity contribution in [3.8, 4) is 44.5 Å². The summed E-state index contributed by atoms with van der Waals surface area (Å²) < 4.78 is 0. The van der Waals surface area contributed by atoms with E-state index in [2.05, 4.69) is 325 Å². The highest BCUT2D eigenvalue weighted by Crippen LogP contribution is 2.68. The summed E-state index contributed by atoms with van der Waals surface area (Å²) in [6.07, 6.45) is 0. The van der Waals surface area contributed by atoms with Gasteiger partial charge >= 0.3 is 0 Å². The number of rotatable bonds is 6. The van der Waals surface area contributed by atoms with Crippen molar-refractivity contribution in [1.29, 1.82) is 0 Å². The molecule has 2 spiro atoms. The Balaban J connectivity index is 0.970. The molecule has 0 fully saturated rings. The first-order chi connectivity index (χ1) is 41.2. The quantitative estimate of drug-likeness (QED) is 0.164. The Hall–Kier alpha value is -10.5. The van der Waals surface area contributed by atoms with Gasteiger partial charge in [-0.25, -0.2) is 0 Å². The molecule has 13 aromatic carbocycles. The lowest BCUT2D eigenvalue weighted by molar-refractivity contribution is 0.752. The minimum absolute atomic E-state index is 0.536. The summed E-state index contributed by atoms with van der Waals surface area (Å²) in [6, 6.07) is 119. The van der Waals surface area contributed by atoms with Crippen LogP contribution in [0.4, 0.5) is 34.1 Å². The van der Waals surface area contributed by atoms with Gasteiger partial charge in [-0.3, -0.25) is 0 Å². The van der Waals surface area contributed by atoms with Crippen LogP contribution >= 0.6 is 0 Å². The van der Waals surface area contributed by atoms with Crippen LogP contribution in [0.3, 0.4) is 0 Å². The summed E-state index contributed by atoms with van der Waals surface area (Å²) in [4.78, 5) is 5.14. The molecule has 0 aromatic heterocycles. The fourth-order valence-electron chi connectivity index (χ4n) is 16.5. The molecule has 0 radical (unpaired) electrons.